The molecule has 2 aromatic heterocycles. The Labute approximate surface area is 123 Å². The highest BCUT2D eigenvalue weighted by atomic mass is 32.1. The second-order valence-corrected chi connectivity index (χ2v) is 5.80. The van der Waals surface area contributed by atoms with Gasteiger partial charge in [0.05, 0.1) is 12.0 Å². The first kappa shape index (κ1) is 14.7. The highest BCUT2D eigenvalue weighted by Gasteiger charge is 2.12. The van der Waals surface area contributed by atoms with E-state index in [2.05, 4.69) is 21.4 Å². The van der Waals surface area contributed by atoms with Crippen molar-refractivity contribution >= 4 is 16.5 Å². The fourth-order valence-electron chi connectivity index (χ4n) is 1.71. The fraction of sp³-hybridized carbons (Fsp3) is 0.429. The van der Waals surface area contributed by atoms with E-state index in [4.69, 9.17) is 4.74 Å². The SMILES string of the molecule is COc1nc(N(C)C)sc1CNCc1ccc(C)nc1. The van der Waals surface area contributed by atoms with Gasteiger partial charge in [-0.2, -0.15) is 4.98 Å². The molecule has 0 saturated carbocycles. The van der Waals surface area contributed by atoms with Gasteiger partial charge < -0.3 is 15.0 Å². The number of methoxy groups -OCH3 is 1. The van der Waals surface area contributed by atoms with Crippen molar-refractivity contribution in [1.29, 1.82) is 0 Å². The third-order valence-corrected chi connectivity index (χ3v) is 4.02. The normalized spacial score (nSPS) is 10.6. The Bertz CT molecular complexity index is 551. The zero-order valence-corrected chi connectivity index (χ0v) is 13.1. The molecular weight excluding hydrogens is 272 g/mol. The second kappa shape index (κ2) is 6.67. The zero-order valence-electron chi connectivity index (χ0n) is 12.3. The number of rotatable bonds is 6. The first-order valence-corrected chi connectivity index (χ1v) is 7.25. The molecule has 0 spiro atoms. The van der Waals surface area contributed by atoms with Crippen molar-refractivity contribution in [3.05, 3.63) is 34.5 Å². The van der Waals surface area contributed by atoms with Crippen molar-refractivity contribution in [3.8, 4) is 5.88 Å². The molecule has 108 valence electrons. The predicted molar refractivity (Wildman–Crippen MR) is 82.5 cm³/mol. The van der Waals surface area contributed by atoms with E-state index in [1.54, 1.807) is 18.4 Å². The molecule has 0 radical (unpaired) electrons. The van der Waals surface area contributed by atoms with E-state index in [1.165, 1.54) is 5.56 Å². The first-order valence-electron chi connectivity index (χ1n) is 6.43. The molecule has 2 aromatic rings. The van der Waals surface area contributed by atoms with Crippen LogP contribution in [-0.2, 0) is 13.1 Å². The Morgan fingerprint density at radius 2 is 2.10 bits per heavy atom. The molecule has 0 amide bonds. The van der Waals surface area contributed by atoms with Gasteiger partial charge in [-0.1, -0.05) is 17.4 Å². The quantitative estimate of drug-likeness (QED) is 0.884. The number of hydrogen-bond acceptors (Lipinski definition) is 6. The zero-order chi connectivity index (χ0) is 14.5. The summed E-state index contributed by atoms with van der Waals surface area (Å²) in [6.07, 6.45) is 1.90. The number of hydrogen-bond donors (Lipinski definition) is 1. The molecule has 0 unspecified atom stereocenters. The minimum absolute atomic E-state index is 0.702. The number of thiazole rings is 1. The molecular formula is C14H20N4OS. The average Bonchev–Trinajstić information content (AvgIpc) is 2.84. The Kier molecular flexibility index (Phi) is 4.92. The lowest BCUT2D eigenvalue weighted by Crippen LogP contribution is -2.12. The van der Waals surface area contributed by atoms with Gasteiger partial charge in [0.2, 0.25) is 5.88 Å². The van der Waals surface area contributed by atoms with Crippen molar-refractivity contribution in [2.24, 2.45) is 0 Å². The third-order valence-electron chi connectivity index (χ3n) is 2.81. The summed E-state index contributed by atoms with van der Waals surface area (Å²) in [6, 6.07) is 4.11. The lowest BCUT2D eigenvalue weighted by Gasteiger charge is -2.05. The molecule has 0 saturated heterocycles. The third kappa shape index (κ3) is 3.68. The van der Waals surface area contributed by atoms with Crippen molar-refractivity contribution in [2.75, 3.05) is 26.1 Å². The van der Waals surface area contributed by atoms with Crippen LogP contribution in [0.25, 0.3) is 0 Å². The van der Waals surface area contributed by atoms with Crippen LogP contribution in [0.4, 0.5) is 5.13 Å². The minimum atomic E-state index is 0.702. The van der Waals surface area contributed by atoms with Gasteiger partial charge in [0, 0.05) is 39.1 Å². The van der Waals surface area contributed by atoms with Gasteiger partial charge >= 0.3 is 0 Å². The summed E-state index contributed by atoms with van der Waals surface area (Å²) < 4.78 is 5.31. The van der Waals surface area contributed by atoms with Gasteiger partial charge in [-0.25, -0.2) is 0 Å². The van der Waals surface area contributed by atoms with Crippen LogP contribution in [0.15, 0.2) is 18.3 Å². The van der Waals surface area contributed by atoms with Crippen LogP contribution in [0, 0.1) is 6.92 Å². The highest BCUT2D eigenvalue weighted by molar-refractivity contribution is 7.15. The summed E-state index contributed by atoms with van der Waals surface area (Å²) in [5.74, 6) is 0.702. The molecule has 0 aliphatic rings. The van der Waals surface area contributed by atoms with Crippen LogP contribution >= 0.6 is 11.3 Å². The van der Waals surface area contributed by atoms with Crippen LogP contribution in [0.2, 0.25) is 0 Å². The number of aryl methyl sites for hydroxylation is 1. The van der Waals surface area contributed by atoms with Crippen molar-refractivity contribution < 1.29 is 4.74 Å². The highest BCUT2D eigenvalue weighted by Crippen LogP contribution is 2.30. The summed E-state index contributed by atoms with van der Waals surface area (Å²) in [6.45, 7) is 3.51. The van der Waals surface area contributed by atoms with E-state index in [0.29, 0.717) is 5.88 Å². The number of nitrogens with one attached hydrogen (secondary N) is 1. The van der Waals surface area contributed by atoms with Gasteiger partial charge in [0.1, 0.15) is 0 Å². The molecule has 0 fully saturated rings. The van der Waals surface area contributed by atoms with Gasteiger partial charge in [-0.05, 0) is 18.6 Å². The molecule has 20 heavy (non-hydrogen) atoms. The summed E-state index contributed by atoms with van der Waals surface area (Å²) in [7, 11) is 5.61. The summed E-state index contributed by atoms with van der Waals surface area (Å²) in [4.78, 5) is 11.8. The Morgan fingerprint density at radius 1 is 1.30 bits per heavy atom. The Hall–Kier alpha value is -1.66. The van der Waals surface area contributed by atoms with Gasteiger partial charge in [-0.15, -0.1) is 0 Å². The predicted octanol–water partition coefficient (Wildman–Crippen LogP) is 2.21. The van der Waals surface area contributed by atoms with E-state index >= 15 is 0 Å². The maximum atomic E-state index is 5.31. The maximum absolute atomic E-state index is 5.31. The molecule has 1 N–H and O–H groups in total. The average molecular weight is 292 g/mol. The Balaban J connectivity index is 1.95. The van der Waals surface area contributed by atoms with Crippen molar-refractivity contribution in [3.63, 3.8) is 0 Å². The fourth-order valence-corrected chi connectivity index (χ4v) is 2.63. The molecule has 0 aliphatic carbocycles. The minimum Gasteiger partial charge on any atom is -0.480 e. The monoisotopic (exact) mass is 292 g/mol. The van der Waals surface area contributed by atoms with E-state index in [-0.39, 0.29) is 0 Å². The number of nitrogens with zero attached hydrogens (tertiary/aromatic N) is 3. The van der Waals surface area contributed by atoms with Gasteiger partial charge in [0.25, 0.3) is 0 Å². The Morgan fingerprint density at radius 3 is 2.70 bits per heavy atom. The second-order valence-electron chi connectivity index (χ2n) is 4.73. The standard InChI is InChI=1S/C14H20N4OS/c1-10-5-6-11(8-16-10)7-15-9-12-13(19-4)17-14(20-12)18(2)3/h5-6,8,15H,7,9H2,1-4H3. The molecule has 0 bridgehead atoms. The van der Waals surface area contributed by atoms with Crippen molar-refractivity contribution in [1.82, 2.24) is 15.3 Å². The molecule has 5 nitrogen and oxygen atoms in total. The summed E-state index contributed by atoms with van der Waals surface area (Å²) >= 11 is 1.64. The summed E-state index contributed by atoms with van der Waals surface area (Å²) in [5, 5.41) is 4.35. The first-order chi connectivity index (χ1) is 9.60. The van der Waals surface area contributed by atoms with Crippen LogP contribution in [-0.4, -0.2) is 31.2 Å². The van der Waals surface area contributed by atoms with Gasteiger partial charge in [-0.3, -0.25) is 4.98 Å². The molecule has 2 heterocycles. The van der Waals surface area contributed by atoms with Crippen LogP contribution in [0.5, 0.6) is 5.88 Å². The lowest BCUT2D eigenvalue weighted by molar-refractivity contribution is 0.394. The molecule has 6 heteroatoms. The number of aromatic nitrogens is 2. The number of ether oxygens (including phenoxy) is 1. The van der Waals surface area contributed by atoms with Crippen LogP contribution in [0.3, 0.4) is 0 Å². The largest absolute Gasteiger partial charge is 0.480 e. The van der Waals surface area contributed by atoms with E-state index < -0.39 is 0 Å². The number of anilines is 1. The van der Waals surface area contributed by atoms with Crippen LogP contribution < -0.4 is 15.0 Å². The topological polar surface area (TPSA) is 50.3 Å². The van der Waals surface area contributed by atoms with Crippen LogP contribution in [0.1, 0.15) is 16.1 Å². The number of pyridine rings is 1. The van der Waals surface area contributed by atoms with E-state index in [9.17, 15) is 0 Å². The lowest BCUT2D eigenvalue weighted by atomic mass is 10.2. The molecule has 0 atom stereocenters. The molecule has 0 aromatic carbocycles. The van der Waals surface area contributed by atoms with E-state index in [1.807, 2.05) is 38.2 Å². The van der Waals surface area contributed by atoms with Crippen molar-refractivity contribution in [2.45, 2.75) is 20.0 Å². The maximum Gasteiger partial charge on any atom is 0.230 e. The van der Waals surface area contributed by atoms with Gasteiger partial charge in [0.15, 0.2) is 5.13 Å². The smallest absolute Gasteiger partial charge is 0.230 e. The van der Waals surface area contributed by atoms with E-state index in [0.717, 1.165) is 28.8 Å². The molecule has 2 rings (SSSR count). The molecule has 0 aliphatic heterocycles. The summed E-state index contributed by atoms with van der Waals surface area (Å²) in [5.41, 5.74) is 2.21.